The van der Waals surface area contributed by atoms with Crippen molar-refractivity contribution in [2.24, 2.45) is 16.8 Å². The Bertz CT molecular complexity index is 579. The Labute approximate surface area is 157 Å². The van der Waals surface area contributed by atoms with E-state index in [0.717, 1.165) is 43.0 Å². The lowest BCUT2D eigenvalue weighted by Crippen LogP contribution is -2.40. The molecule has 6 nitrogen and oxygen atoms in total. The normalized spacial score (nSPS) is 23.0. The summed E-state index contributed by atoms with van der Waals surface area (Å²) in [5, 5.41) is 3.47. The van der Waals surface area contributed by atoms with Gasteiger partial charge in [0.15, 0.2) is 5.96 Å². The van der Waals surface area contributed by atoms with Crippen molar-refractivity contribution in [3.05, 3.63) is 23.9 Å². The summed E-state index contributed by atoms with van der Waals surface area (Å²) in [5.74, 6) is 3.37. The van der Waals surface area contributed by atoms with Crippen molar-refractivity contribution in [1.29, 1.82) is 0 Å². The highest BCUT2D eigenvalue weighted by Crippen LogP contribution is 2.36. The van der Waals surface area contributed by atoms with E-state index >= 15 is 0 Å². The molecule has 1 aliphatic carbocycles. The zero-order chi connectivity index (χ0) is 18.2. The molecule has 1 N–H and O–H groups in total. The molecule has 6 heteroatoms. The number of ether oxygens (including phenoxy) is 2. The second-order valence-electron chi connectivity index (χ2n) is 7.19. The van der Waals surface area contributed by atoms with Crippen LogP contribution in [0.4, 0.5) is 0 Å². The molecular formula is C20H32N4O2. The predicted octanol–water partition coefficient (Wildman–Crippen LogP) is 2.69. The van der Waals surface area contributed by atoms with Crippen LogP contribution in [0.25, 0.3) is 0 Å². The summed E-state index contributed by atoms with van der Waals surface area (Å²) in [6, 6.07) is 3.97. The highest BCUT2D eigenvalue weighted by Gasteiger charge is 2.35. The SMILES string of the molecule is CCNC(=NCc1cccnc1OCCOC)N1CC2CCCCC2C1. The Hall–Kier alpha value is -1.82. The highest BCUT2D eigenvalue weighted by atomic mass is 16.5. The molecule has 2 aliphatic rings. The fourth-order valence-corrected chi connectivity index (χ4v) is 4.06. The number of hydrogen-bond acceptors (Lipinski definition) is 4. The van der Waals surface area contributed by atoms with Crippen LogP contribution >= 0.6 is 0 Å². The summed E-state index contributed by atoms with van der Waals surface area (Å²) < 4.78 is 10.8. The fourth-order valence-electron chi connectivity index (χ4n) is 4.06. The van der Waals surface area contributed by atoms with Gasteiger partial charge in [0.1, 0.15) is 6.61 Å². The number of methoxy groups -OCH3 is 1. The minimum absolute atomic E-state index is 0.500. The maximum absolute atomic E-state index is 5.73. The first-order valence-corrected chi connectivity index (χ1v) is 9.90. The molecule has 2 unspecified atom stereocenters. The molecule has 26 heavy (non-hydrogen) atoms. The van der Waals surface area contributed by atoms with E-state index in [2.05, 4.69) is 22.1 Å². The Balaban J connectivity index is 1.66. The number of nitrogens with one attached hydrogen (secondary N) is 1. The van der Waals surface area contributed by atoms with Gasteiger partial charge in [0, 0.05) is 38.5 Å². The first kappa shape index (κ1) is 19.0. The summed E-state index contributed by atoms with van der Waals surface area (Å²) in [7, 11) is 1.67. The number of rotatable bonds is 7. The molecule has 0 aromatic carbocycles. The van der Waals surface area contributed by atoms with Gasteiger partial charge in [0.2, 0.25) is 5.88 Å². The number of guanidine groups is 1. The molecule has 1 aliphatic heterocycles. The van der Waals surface area contributed by atoms with Crippen LogP contribution in [0.5, 0.6) is 5.88 Å². The van der Waals surface area contributed by atoms with Crippen molar-refractivity contribution < 1.29 is 9.47 Å². The molecule has 2 heterocycles. The molecule has 0 bridgehead atoms. The van der Waals surface area contributed by atoms with E-state index < -0.39 is 0 Å². The van der Waals surface area contributed by atoms with Gasteiger partial charge in [-0.2, -0.15) is 0 Å². The molecule has 144 valence electrons. The summed E-state index contributed by atoms with van der Waals surface area (Å²) in [5.41, 5.74) is 1.01. The highest BCUT2D eigenvalue weighted by molar-refractivity contribution is 5.80. The average Bonchev–Trinajstić information content (AvgIpc) is 3.10. The summed E-state index contributed by atoms with van der Waals surface area (Å²) >= 11 is 0. The molecule has 1 aromatic rings. The van der Waals surface area contributed by atoms with E-state index in [1.165, 1.54) is 25.7 Å². The molecular weight excluding hydrogens is 328 g/mol. The van der Waals surface area contributed by atoms with Gasteiger partial charge in [-0.1, -0.05) is 18.9 Å². The van der Waals surface area contributed by atoms with Gasteiger partial charge in [-0.25, -0.2) is 9.98 Å². The standard InChI is InChI=1S/C20H32N4O2/c1-3-21-20(24-14-17-7-4-5-8-18(17)15-24)23-13-16-9-6-10-22-19(16)26-12-11-25-2/h6,9-10,17-18H,3-5,7-8,11-15H2,1-2H3,(H,21,23). The van der Waals surface area contributed by atoms with E-state index in [0.29, 0.717) is 25.6 Å². The predicted molar refractivity (Wildman–Crippen MR) is 103 cm³/mol. The van der Waals surface area contributed by atoms with E-state index in [4.69, 9.17) is 14.5 Å². The second-order valence-corrected chi connectivity index (χ2v) is 7.19. The third kappa shape index (κ3) is 4.87. The Kier molecular flexibility index (Phi) is 7.12. The van der Waals surface area contributed by atoms with Gasteiger partial charge in [-0.15, -0.1) is 0 Å². The summed E-state index contributed by atoms with van der Waals surface area (Å²) in [6.45, 7) is 6.92. The van der Waals surface area contributed by atoms with Crippen LogP contribution in [-0.4, -0.2) is 55.8 Å². The molecule has 2 fully saturated rings. The fraction of sp³-hybridized carbons (Fsp3) is 0.700. The van der Waals surface area contributed by atoms with Crippen LogP contribution in [0.2, 0.25) is 0 Å². The zero-order valence-electron chi connectivity index (χ0n) is 16.1. The van der Waals surface area contributed by atoms with Crippen LogP contribution < -0.4 is 10.1 Å². The van der Waals surface area contributed by atoms with Crippen LogP contribution in [0, 0.1) is 11.8 Å². The lowest BCUT2D eigenvalue weighted by atomic mass is 9.82. The third-order valence-corrected chi connectivity index (χ3v) is 5.39. The van der Waals surface area contributed by atoms with Gasteiger partial charge >= 0.3 is 0 Å². The molecule has 2 atom stereocenters. The Morgan fingerprint density at radius 3 is 2.73 bits per heavy atom. The van der Waals surface area contributed by atoms with Crippen molar-refractivity contribution in [3.63, 3.8) is 0 Å². The van der Waals surface area contributed by atoms with Crippen molar-refractivity contribution >= 4 is 5.96 Å². The van der Waals surface area contributed by atoms with E-state index in [9.17, 15) is 0 Å². The van der Waals surface area contributed by atoms with E-state index in [1.807, 2.05) is 12.1 Å². The quantitative estimate of drug-likeness (QED) is 0.460. The van der Waals surface area contributed by atoms with Gasteiger partial charge < -0.3 is 19.7 Å². The maximum Gasteiger partial charge on any atom is 0.218 e. The van der Waals surface area contributed by atoms with Crippen LogP contribution in [0.15, 0.2) is 23.3 Å². The van der Waals surface area contributed by atoms with Crippen LogP contribution in [0.1, 0.15) is 38.2 Å². The molecule has 1 saturated carbocycles. The maximum atomic E-state index is 5.73. The number of aliphatic imine (C=N–C) groups is 1. The minimum Gasteiger partial charge on any atom is -0.475 e. The molecule has 0 radical (unpaired) electrons. The van der Waals surface area contributed by atoms with Crippen LogP contribution in [0.3, 0.4) is 0 Å². The van der Waals surface area contributed by atoms with Crippen molar-refractivity contribution in [2.75, 3.05) is 40.0 Å². The lowest BCUT2D eigenvalue weighted by molar-refractivity contribution is 0.143. The number of pyridine rings is 1. The largest absolute Gasteiger partial charge is 0.475 e. The topological polar surface area (TPSA) is 59.0 Å². The smallest absolute Gasteiger partial charge is 0.218 e. The summed E-state index contributed by atoms with van der Waals surface area (Å²) in [4.78, 5) is 11.7. The van der Waals surface area contributed by atoms with Crippen molar-refractivity contribution in [2.45, 2.75) is 39.2 Å². The number of nitrogens with zero attached hydrogens (tertiary/aromatic N) is 3. The average molecular weight is 361 g/mol. The molecule has 3 rings (SSSR count). The number of hydrogen-bond donors (Lipinski definition) is 1. The first-order valence-electron chi connectivity index (χ1n) is 9.90. The van der Waals surface area contributed by atoms with Gasteiger partial charge in [-0.05, 0) is 37.7 Å². The Morgan fingerprint density at radius 2 is 2.04 bits per heavy atom. The lowest BCUT2D eigenvalue weighted by Gasteiger charge is -2.22. The van der Waals surface area contributed by atoms with Gasteiger partial charge in [0.05, 0.1) is 13.2 Å². The molecule has 0 amide bonds. The minimum atomic E-state index is 0.500. The van der Waals surface area contributed by atoms with Crippen molar-refractivity contribution in [3.8, 4) is 5.88 Å². The number of fused-ring (bicyclic) bond motifs is 1. The molecule has 0 spiro atoms. The first-order chi connectivity index (χ1) is 12.8. The van der Waals surface area contributed by atoms with Crippen LogP contribution in [-0.2, 0) is 11.3 Å². The third-order valence-electron chi connectivity index (χ3n) is 5.39. The van der Waals surface area contributed by atoms with Gasteiger partial charge in [0.25, 0.3) is 0 Å². The zero-order valence-corrected chi connectivity index (χ0v) is 16.1. The van der Waals surface area contributed by atoms with E-state index in [1.54, 1.807) is 13.3 Å². The van der Waals surface area contributed by atoms with Crippen molar-refractivity contribution in [1.82, 2.24) is 15.2 Å². The Morgan fingerprint density at radius 1 is 1.27 bits per heavy atom. The number of aromatic nitrogens is 1. The molecule has 1 aromatic heterocycles. The van der Waals surface area contributed by atoms with Gasteiger partial charge in [-0.3, -0.25) is 0 Å². The number of likely N-dealkylation sites (tertiary alicyclic amines) is 1. The van der Waals surface area contributed by atoms with E-state index in [-0.39, 0.29) is 0 Å². The molecule has 1 saturated heterocycles. The monoisotopic (exact) mass is 360 g/mol. The second kappa shape index (κ2) is 9.76. The summed E-state index contributed by atoms with van der Waals surface area (Å²) in [6.07, 6.45) is 7.29.